The van der Waals surface area contributed by atoms with Crippen molar-refractivity contribution in [3.05, 3.63) is 65.9 Å². The summed E-state index contributed by atoms with van der Waals surface area (Å²) >= 11 is 0. The number of nitrogens with zero attached hydrogens (tertiary/aromatic N) is 3. The zero-order valence-corrected chi connectivity index (χ0v) is 14.5. The molecule has 0 aliphatic rings. The lowest BCUT2D eigenvalue weighted by Gasteiger charge is -2.02. The van der Waals surface area contributed by atoms with Crippen LogP contribution >= 0.6 is 0 Å². The van der Waals surface area contributed by atoms with Crippen molar-refractivity contribution in [1.29, 1.82) is 0 Å². The Labute approximate surface area is 151 Å². The number of aliphatic imine (C=N–C) groups is 1. The summed E-state index contributed by atoms with van der Waals surface area (Å²) in [7, 11) is 3.10. The van der Waals surface area contributed by atoms with Crippen molar-refractivity contribution in [3.8, 4) is 22.8 Å². The molecule has 4 N–H and O–H groups in total. The van der Waals surface area contributed by atoms with E-state index in [2.05, 4.69) is 20.0 Å². The Balaban J connectivity index is 1.82. The molecule has 0 radical (unpaired) electrons. The average Bonchev–Trinajstić information content (AvgIpc) is 3.18. The fraction of sp³-hybridized carbons (Fsp3) is 0.105. The van der Waals surface area contributed by atoms with E-state index >= 15 is 0 Å². The monoisotopic (exact) mass is 349 g/mol. The first-order valence-corrected chi connectivity index (χ1v) is 7.88. The Bertz CT molecular complexity index is 941. The molecular formula is C19H19N5O2. The SMILES string of the molecule is CN=C(N)c1ccc(-c2ccc(-c3ccc(C(N)=NOC)cn3)o2)cc1. The van der Waals surface area contributed by atoms with Crippen LogP contribution in [-0.4, -0.2) is 30.8 Å². The van der Waals surface area contributed by atoms with Gasteiger partial charge >= 0.3 is 0 Å². The molecule has 0 spiro atoms. The first-order valence-electron chi connectivity index (χ1n) is 7.88. The number of benzene rings is 1. The van der Waals surface area contributed by atoms with E-state index in [9.17, 15) is 0 Å². The Morgan fingerprint density at radius 3 is 2.23 bits per heavy atom. The molecule has 0 unspecified atom stereocenters. The lowest BCUT2D eigenvalue weighted by atomic mass is 10.1. The minimum absolute atomic E-state index is 0.265. The van der Waals surface area contributed by atoms with Crippen molar-refractivity contribution in [1.82, 2.24) is 4.98 Å². The van der Waals surface area contributed by atoms with Gasteiger partial charge in [-0.05, 0) is 24.3 Å². The van der Waals surface area contributed by atoms with E-state index in [1.165, 1.54) is 7.11 Å². The molecule has 3 rings (SSSR count). The zero-order valence-electron chi connectivity index (χ0n) is 14.5. The lowest BCUT2D eigenvalue weighted by molar-refractivity contribution is 0.213. The molecule has 0 aliphatic heterocycles. The van der Waals surface area contributed by atoms with Gasteiger partial charge in [0.2, 0.25) is 0 Å². The summed E-state index contributed by atoms with van der Waals surface area (Å²) in [5.41, 5.74) is 14.8. The maximum atomic E-state index is 5.92. The molecule has 2 heterocycles. The van der Waals surface area contributed by atoms with Gasteiger partial charge in [-0.1, -0.05) is 29.4 Å². The van der Waals surface area contributed by atoms with Gasteiger partial charge in [0.25, 0.3) is 0 Å². The Morgan fingerprint density at radius 1 is 0.923 bits per heavy atom. The molecular weight excluding hydrogens is 330 g/mol. The van der Waals surface area contributed by atoms with Crippen LogP contribution in [0.4, 0.5) is 0 Å². The molecule has 7 nitrogen and oxygen atoms in total. The topological polar surface area (TPSA) is 112 Å². The van der Waals surface area contributed by atoms with Crippen LogP contribution in [0.1, 0.15) is 11.1 Å². The van der Waals surface area contributed by atoms with E-state index in [0.717, 1.165) is 16.9 Å². The van der Waals surface area contributed by atoms with Gasteiger partial charge in [-0.15, -0.1) is 0 Å². The fourth-order valence-electron chi connectivity index (χ4n) is 2.41. The van der Waals surface area contributed by atoms with Crippen molar-refractivity contribution < 1.29 is 9.25 Å². The third-order valence-electron chi connectivity index (χ3n) is 3.81. The van der Waals surface area contributed by atoms with Crippen molar-refractivity contribution in [3.63, 3.8) is 0 Å². The number of hydrogen-bond acceptors (Lipinski definition) is 5. The second-order valence-corrected chi connectivity index (χ2v) is 5.44. The Kier molecular flexibility index (Phi) is 4.98. The second kappa shape index (κ2) is 7.52. The smallest absolute Gasteiger partial charge is 0.171 e. The van der Waals surface area contributed by atoms with Crippen molar-refractivity contribution in [2.75, 3.05) is 14.2 Å². The molecule has 132 valence electrons. The number of oxime groups is 1. The molecule has 0 aliphatic carbocycles. The van der Waals surface area contributed by atoms with Crippen LogP contribution in [0, 0.1) is 0 Å². The summed E-state index contributed by atoms with van der Waals surface area (Å²) in [5.74, 6) is 2.16. The first kappa shape index (κ1) is 17.2. The largest absolute Gasteiger partial charge is 0.454 e. The lowest BCUT2D eigenvalue weighted by Crippen LogP contribution is -2.13. The summed E-state index contributed by atoms with van der Waals surface area (Å²) in [6, 6.07) is 15.1. The highest BCUT2D eigenvalue weighted by Gasteiger charge is 2.09. The van der Waals surface area contributed by atoms with Crippen LogP contribution in [0.5, 0.6) is 0 Å². The molecule has 0 fully saturated rings. The van der Waals surface area contributed by atoms with Crippen LogP contribution in [0.25, 0.3) is 22.8 Å². The molecule has 0 amide bonds. The van der Waals surface area contributed by atoms with E-state index < -0.39 is 0 Å². The summed E-state index contributed by atoms with van der Waals surface area (Å²) < 4.78 is 5.92. The van der Waals surface area contributed by atoms with Gasteiger partial charge in [0.05, 0.1) is 0 Å². The molecule has 1 aromatic carbocycles. The molecule has 0 atom stereocenters. The fourth-order valence-corrected chi connectivity index (χ4v) is 2.41. The number of nitrogens with two attached hydrogens (primary N) is 2. The molecule has 3 aromatic rings. The third kappa shape index (κ3) is 3.56. The molecule has 0 saturated carbocycles. The maximum absolute atomic E-state index is 5.92. The number of aromatic nitrogens is 1. The quantitative estimate of drug-likeness (QED) is 0.418. The number of furan rings is 1. The highest BCUT2D eigenvalue weighted by Crippen LogP contribution is 2.27. The summed E-state index contributed by atoms with van der Waals surface area (Å²) in [6.07, 6.45) is 1.62. The van der Waals surface area contributed by atoms with Crippen LogP contribution in [0.2, 0.25) is 0 Å². The van der Waals surface area contributed by atoms with E-state index in [-0.39, 0.29) is 5.84 Å². The van der Waals surface area contributed by atoms with Gasteiger partial charge in [-0.2, -0.15) is 0 Å². The zero-order chi connectivity index (χ0) is 18.5. The van der Waals surface area contributed by atoms with E-state index in [0.29, 0.717) is 22.9 Å². The second-order valence-electron chi connectivity index (χ2n) is 5.44. The standard InChI is InChI=1S/C19H19N5O2/c1-22-18(20)13-5-3-12(4-6-13)16-9-10-17(26-16)15-8-7-14(11-23-15)19(21)24-25-2/h3-11H,1-2H3,(H2,20,22)(H2,21,24). The van der Waals surface area contributed by atoms with Gasteiger partial charge in [-0.25, -0.2) is 0 Å². The summed E-state index contributed by atoms with van der Waals surface area (Å²) in [5, 5.41) is 3.68. The van der Waals surface area contributed by atoms with Gasteiger partial charge in [0, 0.05) is 29.9 Å². The number of rotatable bonds is 5. The Hall–Kier alpha value is -3.61. The van der Waals surface area contributed by atoms with Gasteiger partial charge in [-0.3, -0.25) is 9.98 Å². The molecule has 26 heavy (non-hydrogen) atoms. The third-order valence-corrected chi connectivity index (χ3v) is 3.81. The highest BCUT2D eigenvalue weighted by molar-refractivity contribution is 5.98. The summed E-state index contributed by atoms with van der Waals surface area (Å²) in [6.45, 7) is 0. The Morgan fingerprint density at radius 2 is 1.62 bits per heavy atom. The normalized spacial score (nSPS) is 12.2. The first-order chi connectivity index (χ1) is 12.6. The number of hydrogen-bond donors (Lipinski definition) is 2. The van der Waals surface area contributed by atoms with Crippen molar-refractivity contribution in [2.24, 2.45) is 21.6 Å². The van der Waals surface area contributed by atoms with Gasteiger partial charge in [0.1, 0.15) is 24.4 Å². The predicted octanol–water partition coefficient (Wildman–Crippen LogP) is 2.61. The van der Waals surface area contributed by atoms with Crippen LogP contribution in [-0.2, 0) is 4.84 Å². The van der Waals surface area contributed by atoms with Crippen LogP contribution in [0.3, 0.4) is 0 Å². The van der Waals surface area contributed by atoms with Crippen LogP contribution in [0.15, 0.2) is 69.3 Å². The molecule has 2 aromatic heterocycles. The minimum Gasteiger partial charge on any atom is -0.454 e. The van der Waals surface area contributed by atoms with Gasteiger partial charge < -0.3 is 20.7 Å². The molecule has 7 heteroatoms. The van der Waals surface area contributed by atoms with Crippen molar-refractivity contribution >= 4 is 11.7 Å². The maximum Gasteiger partial charge on any atom is 0.171 e. The number of pyridine rings is 1. The highest BCUT2D eigenvalue weighted by atomic mass is 16.6. The molecule has 0 saturated heterocycles. The van der Waals surface area contributed by atoms with Crippen LogP contribution < -0.4 is 11.5 Å². The van der Waals surface area contributed by atoms with Crippen molar-refractivity contribution in [2.45, 2.75) is 0 Å². The minimum atomic E-state index is 0.265. The van der Waals surface area contributed by atoms with E-state index in [1.54, 1.807) is 13.2 Å². The van der Waals surface area contributed by atoms with Gasteiger partial charge in [0.15, 0.2) is 11.6 Å². The summed E-state index contributed by atoms with van der Waals surface area (Å²) in [4.78, 5) is 13.0. The average molecular weight is 349 g/mol. The van der Waals surface area contributed by atoms with E-state index in [1.807, 2.05) is 48.5 Å². The van der Waals surface area contributed by atoms with E-state index in [4.69, 9.17) is 15.9 Å². The predicted molar refractivity (Wildman–Crippen MR) is 102 cm³/mol. The molecule has 0 bridgehead atoms. The number of amidine groups is 2.